The minimum Gasteiger partial charge on any atom is -0.452 e. The van der Waals surface area contributed by atoms with Crippen LogP contribution in [0.25, 0.3) is 28.0 Å². The maximum absolute atomic E-state index is 13.2. The number of esters is 1. The molecule has 9 nitrogen and oxygen atoms in total. The van der Waals surface area contributed by atoms with Gasteiger partial charge in [0.1, 0.15) is 0 Å². The predicted molar refractivity (Wildman–Crippen MR) is 135 cm³/mol. The molecule has 3 heterocycles. The zero-order chi connectivity index (χ0) is 25.3. The van der Waals surface area contributed by atoms with E-state index in [1.54, 1.807) is 17.7 Å². The van der Waals surface area contributed by atoms with Crippen molar-refractivity contribution in [2.24, 2.45) is 0 Å². The Hall–Kier alpha value is -4.05. The Bertz CT molecular complexity index is 1550. The van der Waals surface area contributed by atoms with Gasteiger partial charge in [-0.25, -0.2) is 22.9 Å². The number of sulfone groups is 1. The van der Waals surface area contributed by atoms with Gasteiger partial charge >= 0.3 is 5.97 Å². The van der Waals surface area contributed by atoms with Gasteiger partial charge in [0.05, 0.1) is 39.5 Å². The molecule has 1 atom stereocenters. The molecule has 184 valence electrons. The fourth-order valence-electron chi connectivity index (χ4n) is 4.34. The minimum absolute atomic E-state index is 0.0413. The average molecular weight is 505 g/mol. The number of carbonyl (C=O) groups excluding carboxylic acids is 2. The van der Waals surface area contributed by atoms with Crippen LogP contribution in [0.4, 0.5) is 0 Å². The van der Waals surface area contributed by atoms with Gasteiger partial charge in [0.15, 0.2) is 22.1 Å². The molecule has 1 N–H and O–H groups in total. The molecule has 1 fully saturated rings. The third kappa shape index (κ3) is 4.85. The maximum Gasteiger partial charge on any atom is 0.339 e. The summed E-state index contributed by atoms with van der Waals surface area (Å²) in [6.07, 6.45) is 0.352. The molecule has 1 aliphatic heterocycles. The first-order valence-corrected chi connectivity index (χ1v) is 13.3. The molecule has 5 rings (SSSR count). The molecule has 2 aromatic carbocycles. The molecule has 1 saturated heterocycles. The summed E-state index contributed by atoms with van der Waals surface area (Å²) in [5.74, 6) is -1.30. The van der Waals surface area contributed by atoms with E-state index in [2.05, 4.69) is 10.4 Å². The molecule has 36 heavy (non-hydrogen) atoms. The van der Waals surface area contributed by atoms with Gasteiger partial charge in [0.2, 0.25) is 0 Å². The lowest BCUT2D eigenvalue weighted by Crippen LogP contribution is -2.38. The molecule has 0 bridgehead atoms. The Morgan fingerprint density at radius 2 is 1.78 bits per heavy atom. The van der Waals surface area contributed by atoms with E-state index in [0.717, 1.165) is 11.3 Å². The number of amides is 1. The van der Waals surface area contributed by atoms with Crippen LogP contribution in [-0.4, -0.2) is 59.2 Å². The zero-order valence-corrected chi connectivity index (χ0v) is 20.4. The second-order valence-corrected chi connectivity index (χ2v) is 10.9. The van der Waals surface area contributed by atoms with Crippen LogP contribution in [0.5, 0.6) is 0 Å². The van der Waals surface area contributed by atoms with E-state index >= 15 is 0 Å². The van der Waals surface area contributed by atoms with Crippen molar-refractivity contribution in [2.75, 3.05) is 18.1 Å². The van der Waals surface area contributed by atoms with Crippen molar-refractivity contribution in [1.82, 2.24) is 20.1 Å². The predicted octanol–water partition coefficient (Wildman–Crippen LogP) is 2.86. The van der Waals surface area contributed by atoms with Crippen molar-refractivity contribution in [3.05, 3.63) is 78.0 Å². The number of aryl methyl sites for hydroxylation is 1. The Morgan fingerprint density at radius 3 is 2.44 bits per heavy atom. The van der Waals surface area contributed by atoms with Crippen LogP contribution >= 0.6 is 0 Å². The largest absolute Gasteiger partial charge is 0.452 e. The second-order valence-electron chi connectivity index (χ2n) is 8.70. The smallest absolute Gasteiger partial charge is 0.339 e. The first kappa shape index (κ1) is 23.7. The van der Waals surface area contributed by atoms with E-state index in [-0.39, 0.29) is 17.1 Å². The molecule has 1 amide bonds. The van der Waals surface area contributed by atoms with Crippen LogP contribution in [0.15, 0.2) is 66.7 Å². The summed E-state index contributed by atoms with van der Waals surface area (Å²) >= 11 is 0. The third-order valence-corrected chi connectivity index (χ3v) is 7.80. The molecule has 1 aliphatic rings. The van der Waals surface area contributed by atoms with Crippen LogP contribution in [-0.2, 0) is 19.4 Å². The summed E-state index contributed by atoms with van der Waals surface area (Å²) < 4.78 is 30.3. The van der Waals surface area contributed by atoms with E-state index in [1.165, 1.54) is 0 Å². The van der Waals surface area contributed by atoms with Crippen molar-refractivity contribution in [2.45, 2.75) is 19.4 Å². The number of para-hydroxylation sites is 1. The summed E-state index contributed by atoms with van der Waals surface area (Å²) in [6, 6.07) is 20.1. The van der Waals surface area contributed by atoms with Crippen LogP contribution < -0.4 is 5.32 Å². The van der Waals surface area contributed by atoms with Gasteiger partial charge in [-0.15, -0.1) is 0 Å². The lowest BCUT2D eigenvalue weighted by Gasteiger charge is -2.12. The number of pyridine rings is 1. The van der Waals surface area contributed by atoms with Crippen LogP contribution in [0.1, 0.15) is 22.5 Å². The van der Waals surface area contributed by atoms with Crippen LogP contribution in [0, 0.1) is 6.92 Å². The number of hydrogen-bond donors (Lipinski definition) is 1. The van der Waals surface area contributed by atoms with Gasteiger partial charge in [-0.3, -0.25) is 4.79 Å². The number of aromatic nitrogens is 3. The molecule has 0 aliphatic carbocycles. The van der Waals surface area contributed by atoms with Gasteiger partial charge < -0.3 is 10.1 Å². The van der Waals surface area contributed by atoms with E-state index in [0.29, 0.717) is 28.8 Å². The number of ether oxygens (including phenoxy) is 1. The van der Waals surface area contributed by atoms with E-state index in [9.17, 15) is 18.0 Å². The van der Waals surface area contributed by atoms with Crippen molar-refractivity contribution in [3.63, 3.8) is 0 Å². The van der Waals surface area contributed by atoms with Gasteiger partial charge in [-0.05, 0) is 31.5 Å². The normalized spacial score (nSPS) is 16.6. The summed E-state index contributed by atoms with van der Waals surface area (Å²) in [5.41, 5.74) is 3.49. The highest BCUT2D eigenvalue weighted by molar-refractivity contribution is 7.91. The monoisotopic (exact) mass is 504 g/mol. The number of fused-ring (bicyclic) bond motifs is 1. The van der Waals surface area contributed by atoms with E-state index in [1.807, 2.05) is 60.7 Å². The van der Waals surface area contributed by atoms with Crippen molar-refractivity contribution in [1.29, 1.82) is 0 Å². The summed E-state index contributed by atoms with van der Waals surface area (Å²) in [6.45, 7) is 1.27. The first-order valence-electron chi connectivity index (χ1n) is 11.5. The van der Waals surface area contributed by atoms with Crippen molar-refractivity contribution in [3.8, 4) is 16.9 Å². The fourth-order valence-corrected chi connectivity index (χ4v) is 6.02. The molecule has 1 unspecified atom stereocenters. The lowest BCUT2D eigenvalue weighted by atomic mass is 10.1. The van der Waals surface area contributed by atoms with Crippen molar-refractivity contribution >= 4 is 32.7 Å². The summed E-state index contributed by atoms with van der Waals surface area (Å²) in [7, 11) is -3.13. The number of nitrogens with zero attached hydrogens (tertiary/aromatic N) is 3. The third-order valence-electron chi connectivity index (χ3n) is 6.03. The van der Waals surface area contributed by atoms with Gasteiger partial charge in [-0.1, -0.05) is 48.5 Å². The highest BCUT2D eigenvalue weighted by atomic mass is 32.2. The molecule has 0 radical (unpaired) electrons. The topological polar surface area (TPSA) is 120 Å². The highest BCUT2D eigenvalue weighted by Crippen LogP contribution is 2.29. The van der Waals surface area contributed by atoms with Crippen molar-refractivity contribution < 1.29 is 22.7 Å². The number of carbonyl (C=O) groups is 2. The van der Waals surface area contributed by atoms with Crippen LogP contribution in [0.2, 0.25) is 0 Å². The highest BCUT2D eigenvalue weighted by Gasteiger charge is 2.29. The van der Waals surface area contributed by atoms with Gasteiger partial charge in [0, 0.05) is 11.6 Å². The zero-order valence-electron chi connectivity index (χ0n) is 19.5. The number of hydrogen-bond acceptors (Lipinski definition) is 7. The Labute approximate surface area is 208 Å². The maximum atomic E-state index is 13.2. The molecule has 0 spiro atoms. The molecular weight excluding hydrogens is 480 g/mol. The molecule has 10 heteroatoms. The number of benzene rings is 2. The molecule has 2 aromatic heterocycles. The molecular formula is C26H24N4O5S. The number of rotatable bonds is 6. The Morgan fingerprint density at radius 1 is 1.08 bits per heavy atom. The molecule has 0 saturated carbocycles. The minimum atomic E-state index is -3.13. The summed E-state index contributed by atoms with van der Waals surface area (Å²) in [4.78, 5) is 30.4. The number of nitrogens with one attached hydrogen (secondary N) is 1. The van der Waals surface area contributed by atoms with Gasteiger partial charge in [-0.2, -0.15) is 5.10 Å². The SMILES string of the molecule is Cc1nn(-c2ccccc2)c2nc(-c3ccccc3)cc(C(=O)OCC(=O)NC3CCS(=O)(=O)C3)c12. The lowest BCUT2D eigenvalue weighted by molar-refractivity contribution is -0.124. The quantitative estimate of drug-likeness (QED) is 0.401. The second kappa shape index (κ2) is 9.54. The van der Waals surface area contributed by atoms with E-state index < -0.39 is 34.4 Å². The first-order chi connectivity index (χ1) is 17.3. The standard InChI is InChI=1S/C26H24N4O5S/c1-17-24-21(26(32)35-15-23(31)27-19-12-13-36(33,34)16-19)14-22(18-8-4-2-5-9-18)28-25(24)30(29-17)20-10-6-3-7-11-20/h2-11,14,19H,12-13,15-16H2,1H3,(H,27,31). The van der Waals surface area contributed by atoms with Gasteiger partial charge in [0.25, 0.3) is 5.91 Å². The summed E-state index contributed by atoms with van der Waals surface area (Å²) in [5, 5.41) is 7.79. The fraction of sp³-hybridized carbons (Fsp3) is 0.231. The molecule has 4 aromatic rings. The average Bonchev–Trinajstić information content (AvgIpc) is 3.41. The van der Waals surface area contributed by atoms with Crippen LogP contribution in [0.3, 0.4) is 0 Å². The van der Waals surface area contributed by atoms with E-state index in [4.69, 9.17) is 9.72 Å². The Kier molecular flexibility index (Phi) is 6.27. The Balaban J connectivity index is 1.48.